The lowest BCUT2D eigenvalue weighted by atomic mass is 10.3. The molecule has 0 atom stereocenters. The van der Waals surface area contributed by atoms with E-state index in [0.717, 1.165) is 6.42 Å². The molecule has 0 saturated carbocycles. The second-order valence-corrected chi connectivity index (χ2v) is 8.50. The summed E-state index contributed by atoms with van der Waals surface area (Å²) in [4.78, 5) is 0. The van der Waals surface area contributed by atoms with Crippen LogP contribution in [0.5, 0.6) is 0 Å². The number of rotatable bonds is 11. The second kappa shape index (κ2) is 10.7. The summed E-state index contributed by atoms with van der Waals surface area (Å²) in [6.07, 6.45) is 8.24. The van der Waals surface area contributed by atoms with Crippen LogP contribution in [0.3, 0.4) is 0 Å². The Morgan fingerprint density at radius 2 is 1.53 bits per heavy atom. The molecule has 2 heteroatoms. The molecule has 0 aromatic heterocycles. The Kier molecular flexibility index (Phi) is 10.5. The predicted octanol–water partition coefficient (Wildman–Crippen LogP) is 5.23. The van der Waals surface area contributed by atoms with Crippen LogP contribution in [-0.2, 0) is 0 Å². The van der Waals surface area contributed by atoms with E-state index in [1.165, 1.54) is 49.4 Å². The van der Waals surface area contributed by atoms with Gasteiger partial charge in [0.1, 0.15) is 0 Å². The Morgan fingerprint density at radius 3 is 1.94 bits per heavy atom. The van der Waals surface area contributed by atoms with Crippen LogP contribution < -0.4 is 0 Å². The largest absolute Gasteiger partial charge is 0.222 e. The fourth-order valence-corrected chi connectivity index (χ4v) is 5.63. The highest BCUT2D eigenvalue weighted by molar-refractivity contribution is 8.36. The average molecular weight is 255 g/mol. The molecule has 17 heavy (non-hydrogen) atoms. The Labute approximate surface area is 110 Å². The van der Waals surface area contributed by atoms with Crippen molar-refractivity contribution in [3.63, 3.8) is 0 Å². The van der Waals surface area contributed by atoms with Crippen molar-refractivity contribution < 1.29 is 0 Å². The highest BCUT2D eigenvalue weighted by atomic mass is 32.3. The van der Waals surface area contributed by atoms with Gasteiger partial charge >= 0.3 is 0 Å². The molecule has 0 aromatic rings. The molecule has 0 N–H and O–H groups in total. The Morgan fingerprint density at radius 1 is 1.00 bits per heavy atom. The summed E-state index contributed by atoms with van der Waals surface area (Å²) in [6.45, 7) is 8.64. The van der Waals surface area contributed by atoms with Crippen LogP contribution in [0.15, 0.2) is 12.0 Å². The lowest BCUT2D eigenvalue weighted by Crippen LogP contribution is -2.11. The first kappa shape index (κ1) is 16.6. The minimum absolute atomic E-state index is 0.585. The maximum Gasteiger partial charge on any atom is 0.0621 e. The van der Waals surface area contributed by atoms with Gasteiger partial charge in [-0.05, 0) is 42.9 Å². The van der Waals surface area contributed by atoms with Gasteiger partial charge in [0.25, 0.3) is 0 Å². The third-order valence-electron chi connectivity index (χ3n) is 3.25. The molecular weight excluding hydrogens is 226 g/mol. The molecule has 0 saturated heterocycles. The van der Waals surface area contributed by atoms with Crippen molar-refractivity contribution >= 4 is 10.0 Å². The third-order valence-corrected chi connectivity index (χ3v) is 7.26. The van der Waals surface area contributed by atoms with Crippen LogP contribution in [0.2, 0.25) is 0 Å². The van der Waals surface area contributed by atoms with E-state index in [-0.39, 0.29) is 0 Å². The summed E-state index contributed by atoms with van der Waals surface area (Å²) in [5.74, 6) is 4.03. The maximum absolute atomic E-state index is 8.57. The van der Waals surface area contributed by atoms with Gasteiger partial charge in [-0.2, -0.15) is 5.26 Å². The van der Waals surface area contributed by atoms with Crippen molar-refractivity contribution in [1.29, 1.82) is 5.26 Å². The zero-order valence-electron chi connectivity index (χ0n) is 11.7. The molecule has 0 unspecified atom stereocenters. The maximum atomic E-state index is 8.57. The molecule has 0 bridgehead atoms. The number of nitrogens with zero attached hydrogens (tertiary/aromatic N) is 1. The van der Waals surface area contributed by atoms with E-state index in [1.807, 2.05) is 0 Å². The Hall–Kier alpha value is -0.420. The average Bonchev–Trinajstić information content (AvgIpc) is 2.37. The van der Waals surface area contributed by atoms with E-state index in [4.69, 9.17) is 5.26 Å². The molecule has 0 radical (unpaired) electrons. The van der Waals surface area contributed by atoms with Gasteiger partial charge in [-0.25, -0.2) is 10.0 Å². The van der Waals surface area contributed by atoms with Gasteiger partial charge in [-0.15, -0.1) is 0 Å². The summed E-state index contributed by atoms with van der Waals surface area (Å²) < 4.78 is 0. The summed E-state index contributed by atoms with van der Waals surface area (Å²) in [5, 5.41) is 10.9. The van der Waals surface area contributed by atoms with E-state index in [2.05, 4.69) is 31.9 Å². The highest BCUT2D eigenvalue weighted by Crippen LogP contribution is 2.51. The van der Waals surface area contributed by atoms with Crippen molar-refractivity contribution in [3.8, 4) is 6.07 Å². The zero-order chi connectivity index (χ0) is 13.0. The summed E-state index contributed by atoms with van der Waals surface area (Å²) >= 11 is 0. The fourth-order valence-electron chi connectivity index (χ4n) is 2.01. The quantitative estimate of drug-likeness (QED) is 0.464. The fraction of sp³-hybridized carbons (Fsp3) is 0.800. The van der Waals surface area contributed by atoms with E-state index in [0.29, 0.717) is 6.42 Å². The minimum Gasteiger partial charge on any atom is -0.222 e. The van der Waals surface area contributed by atoms with Gasteiger partial charge < -0.3 is 0 Å². The van der Waals surface area contributed by atoms with Crippen LogP contribution in [0.25, 0.3) is 0 Å². The molecule has 0 amide bonds. The van der Waals surface area contributed by atoms with Crippen LogP contribution in [-0.4, -0.2) is 17.3 Å². The summed E-state index contributed by atoms with van der Waals surface area (Å²) in [6, 6.07) is 2.24. The van der Waals surface area contributed by atoms with Gasteiger partial charge in [0.15, 0.2) is 0 Å². The molecule has 0 aromatic carbocycles. The lowest BCUT2D eigenvalue weighted by Gasteiger charge is -2.37. The van der Waals surface area contributed by atoms with E-state index >= 15 is 0 Å². The molecule has 0 fully saturated rings. The zero-order valence-corrected chi connectivity index (χ0v) is 12.5. The van der Waals surface area contributed by atoms with E-state index in [1.54, 1.807) is 0 Å². The molecule has 1 nitrogen and oxygen atoms in total. The van der Waals surface area contributed by atoms with Gasteiger partial charge in [0, 0.05) is 6.42 Å². The van der Waals surface area contributed by atoms with Crippen molar-refractivity contribution in [2.75, 3.05) is 17.3 Å². The first-order valence-corrected chi connectivity index (χ1v) is 9.20. The first-order valence-electron chi connectivity index (χ1n) is 7.00. The van der Waals surface area contributed by atoms with Crippen molar-refractivity contribution in [3.05, 3.63) is 12.0 Å². The molecule has 0 aliphatic heterocycles. The number of nitriles is 1. The van der Waals surface area contributed by atoms with Crippen LogP contribution in [0.4, 0.5) is 0 Å². The van der Waals surface area contributed by atoms with Gasteiger partial charge in [-0.1, -0.05) is 38.7 Å². The molecule has 0 heterocycles. The molecule has 100 valence electrons. The number of hydrogen-bond acceptors (Lipinski definition) is 1. The minimum atomic E-state index is -0.585. The van der Waals surface area contributed by atoms with E-state index in [9.17, 15) is 0 Å². The highest BCUT2D eigenvalue weighted by Gasteiger charge is 2.18. The van der Waals surface area contributed by atoms with Crippen LogP contribution in [0.1, 0.15) is 58.8 Å². The summed E-state index contributed by atoms with van der Waals surface area (Å²) in [5.41, 5.74) is 0. The topological polar surface area (TPSA) is 23.8 Å². The van der Waals surface area contributed by atoms with Gasteiger partial charge in [0.2, 0.25) is 0 Å². The number of hydrogen-bond donors (Lipinski definition) is 0. The van der Waals surface area contributed by atoms with E-state index < -0.39 is 10.0 Å². The summed E-state index contributed by atoms with van der Waals surface area (Å²) in [7, 11) is -0.585. The number of unbranched alkanes of at least 4 members (excludes halogenated alkanes) is 4. The standard InChI is InChI=1S/C15H29NS/c1-4-7-13-17(6-3,14-8-5-2)15-11-9-10-12-16/h6H,3-5,7-11,13-15H2,1-2H3. The smallest absolute Gasteiger partial charge is 0.0621 e. The van der Waals surface area contributed by atoms with Gasteiger partial charge in [0.05, 0.1) is 6.07 Å². The van der Waals surface area contributed by atoms with Gasteiger partial charge in [-0.3, -0.25) is 0 Å². The third kappa shape index (κ3) is 7.49. The van der Waals surface area contributed by atoms with Crippen molar-refractivity contribution in [2.24, 2.45) is 0 Å². The van der Waals surface area contributed by atoms with Crippen molar-refractivity contribution in [2.45, 2.75) is 58.8 Å². The van der Waals surface area contributed by atoms with Crippen LogP contribution in [0, 0.1) is 11.3 Å². The predicted molar refractivity (Wildman–Crippen MR) is 81.7 cm³/mol. The molecule has 0 aliphatic carbocycles. The molecule has 0 spiro atoms. The van der Waals surface area contributed by atoms with Crippen molar-refractivity contribution in [1.82, 2.24) is 0 Å². The first-order chi connectivity index (χ1) is 8.24. The molecule has 0 rings (SSSR count). The molecular formula is C15H29NS. The normalized spacial score (nSPS) is 12.1. The Bertz CT molecular complexity index is 222. The van der Waals surface area contributed by atoms with Crippen LogP contribution >= 0.6 is 10.0 Å². The SMILES string of the molecule is C=CS(CCCC)(CCCC)CCCCC#N. The molecule has 0 aliphatic rings. The lowest BCUT2D eigenvalue weighted by molar-refractivity contribution is 0.816. The monoisotopic (exact) mass is 255 g/mol. The second-order valence-electron chi connectivity index (χ2n) is 4.71. The Balaban J connectivity index is 4.23.